The smallest absolute Gasteiger partial charge is 0.138 e. The Balaban J connectivity index is 2.57. The number of halogens is 1. The Labute approximate surface area is 113 Å². The molecule has 0 heterocycles. The van der Waals surface area contributed by atoms with Crippen molar-refractivity contribution in [2.24, 2.45) is 11.7 Å². The Hall–Kier alpha value is -1.00. The van der Waals surface area contributed by atoms with E-state index < -0.39 is 0 Å². The summed E-state index contributed by atoms with van der Waals surface area (Å²) in [6.07, 6.45) is 2.26. The molecule has 2 nitrogen and oxygen atoms in total. The number of rotatable bonds is 7. The van der Waals surface area contributed by atoms with Crippen LogP contribution in [-0.4, -0.2) is 11.6 Å². The summed E-state index contributed by atoms with van der Waals surface area (Å²) in [5.41, 5.74) is 6.24. The van der Waals surface area contributed by atoms with Crippen LogP contribution < -0.4 is 5.73 Å². The van der Waals surface area contributed by atoms with Crippen LogP contribution in [0.2, 0.25) is 0 Å². The van der Waals surface area contributed by atoms with Gasteiger partial charge in [-0.05, 0) is 18.4 Å². The van der Waals surface area contributed by atoms with Gasteiger partial charge in [-0.15, -0.1) is 0 Å². The van der Waals surface area contributed by atoms with E-state index in [9.17, 15) is 4.39 Å². The van der Waals surface area contributed by atoms with Crippen LogP contribution in [0.4, 0.5) is 4.39 Å². The van der Waals surface area contributed by atoms with E-state index in [1.165, 1.54) is 0 Å². The van der Waals surface area contributed by atoms with E-state index in [1.807, 2.05) is 0 Å². The molecule has 1 aromatic rings. The molecule has 1 unspecified atom stereocenters. The van der Waals surface area contributed by atoms with E-state index in [1.54, 1.807) is 18.2 Å². The fourth-order valence-electron chi connectivity index (χ4n) is 1.83. The van der Waals surface area contributed by atoms with Crippen LogP contribution in [0.15, 0.2) is 18.2 Å². The molecule has 0 spiro atoms. The molecule has 1 aromatic carbocycles. The lowest BCUT2D eigenvalue weighted by molar-refractivity contribution is 0.0874. The average Bonchev–Trinajstić information content (AvgIpc) is 2.31. The predicted molar refractivity (Wildman–Crippen MR) is 76.0 cm³/mol. The van der Waals surface area contributed by atoms with Gasteiger partial charge in [0.1, 0.15) is 10.8 Å². The summed E-state index contributed by atoms with van der Waals surface area (Å²) >= 11 is 4.79. The van der Waals surface area contributed by atoms with Crippen LogP contribution in [-0.2, 0) is 11.3 Å². The first kappa shape index (κ1) is 15.1. The average molecular weight is 269 g/mol. The molecule has 100 valence electrons. The first-order chi connectivity index (χ1) is 8.56. The first-order valence-corrected chi connectivity index (χ1v) is 6.62. The molecule has 18 heavy (non-hydrogen) atoms. The molecule has 0 saturated carbocycles. The maximum absolute atomic E-state index is 13.9. The molecule has 0 aliphatic carbocycles. The lowest BCUT2D eigenvalue weighted by Gasteiger charge is -2.12. The van der Waals surface area contributed by atoms with Crippen molar-refractivity contribution in [3.63, 3.8) is 0 Å². The van der Waals surface area contributed by atoms with Crippen LogP contribution in [0.3, 0.4) is 0 Å². The minimum absolute atomic E-state index is 0.0775. The van der Waals surface area contributed by atoms with Gasteiger partial charge < -0.3 is 10.5 Å². The van der Waals surface area contributed by atoms with Gasteiger partial charge in [-0.3, -0.25) is 0 Å². The summed E-state index contributed by atoms with van der Waals surface area (Å²) in [4.78, 5) is 0.0775. The Kier molecular flexibility index (Phi) is 6.22. The van der Waals surface area contributed by atoms with Crippen molar-refractivity contribution in [2.75, 3.05) is 6.61 Å². The van der Waals surface area contributed by atoms with Crippen LogP contribution in [0.25, 0.3) is 0 Å². The zero-order valence-corrected chi connectivity index (χ0v) is 11.7. The molecule has 0 fully saturated rings. The molecule has 0 amide bonds. The van der Waals surface area contributed by atoms with Gasteiger partial charge in [0, 0.05) is 17.7 Å². The van der Waals surface area contributed by atoms with E-state index in [0.717, 1.165) is 12.8 Å². The number of hydrogen-bond acceptors (Lipinski definition) is 2. The van der Waals surface area contributed by atoms with Gasteiger partial charge in [0.05, 0.1) is 6.61 Å². The summed E-state index contributed by atoms with van der Waals surface area (Å²) < 4.78 is 19.5. The maximum Gasteiger partial charge on any atom is 0.138 e. The van der Waals surface area contributed by atoms with Crippen LogP contribution >= 0.6 is 12.2 Å². The van der Waals surface area contributed by atoms with Crippen molar-refractivity contribution in [1.82, 2.24) is 0 Å². The Morgan fingerprint density at radius 1 is 1.50 bits per heavy atom. The molecule has 0 saturated heterocycles. The fraction of sp³-hybridized carbons (Fsp3) is 0.500. The Morgan fingerprint density at radius 2 is 2.22 bits per heavy atom. The zero-order chi connectivity index (χ0) is 13.5. The largest absolute Gasteiger partial charge is 0.389 e. The molecule has 0 aliphatic heterocycles. The molecule has 1 atom stereocenters. The zero-order valence-electron chi connectivity index (χ0n) is 10.9. The molecular weight excluding hydrogens is 249 g/mol. The van der Waals surface area contributed by atoms with E-state index >= 15 is 0 Å². The normalized spacial score (nSPS) is 12.4. The van der Waals surface area contributed by atoms with Crippen molar-refractivity contribution >= 4 is 17.2 Å². The van der Waals surface area contributed by atoms with Gasteiger partial charge >= 0.3 is 0 Å². The third-order valence-corrected chi connectivity index (χ3v) is 3.01. The summed E-state index contributed by atoms with van der Waals surface area (Å²) in [5.74, 6) is 0.130. The second-order valence-electron chi connectivity index (χ2n) is 4.55. The number of hydrogen-bond donors (Lipinski definition) is 1. The maximum atomic E-state index is 13.9. The molecule has 1 rings (SSSR count). The molecule has 4 heteroatoms. The number of thiocarbonyl (C=S) groups is 1. The molecule has 0 aliphatic rings. The second-order valence-corrected chi connectivity index (χ2v) is 4.99. The minimum atomic E-state index is -0.367. The monoisotopic (exact) mass is 269 g/mol. The van der Waals surface area contributed by atoms with Crippen LogP contribution in [0.1, 0.15) is 37.8 Å². The quantitative estimate of drug-likeness (QED) is 0.770. The number of ether oxygens (including phenoxy) is 1. The second kappa shape index (κ2) is 7.44. The molecule has 0 aromatic heterocycles. The molecule has 2 N–H and O–H groups in total. The fourth-order valence-corrected chi connectivity index (χ4v) is 1.99. The molecule has 0 bridgehead atoms. The highest BCUT2D eigenvalue weighted by Gasteiger charge is 2.10. The van der Waals surface area contributed by atoms with Gasteiger partial charge in [0.2, 0.25) is 0 Å². The SMILES string of the molecule is CCCC(C)COCc1cccc(C(N)=S)c1F. The standard InChI is InChI=1S/C14H20FNOS/c1-3-5-10(2)8-17-9-11-6-4-7-12(13(11)15)14(16)18/h4,6-7,10H,3,5,8-9H2,1-2H3,(H2,16,18). The van der Waals surface area contributed by atoms with Crippen molar-refractivity contribution < 1.29 is 9.13 Å². The van der Waals surface area contributed by atoms with Crippen LogP contribution in [0.5, 0.6) is 0 Å². The van der Waals surface area contributed by atoms with Gasteiger partial charge in [0.15, 0.2) is 0 Å². The van der Waals surface area contributed by atoms with Gasteiger partial charge in [-0.1, -0.05) is 44.6 Å². The van der Waals surface area contributed by atoms with E-state index in [-0.39, 0.29) is 23.0 Å². The summed E-state index contributed by atoms with van der Waals surface area (Å²) in [5, 5.41) is 0. The molecular formula is C14H20FNOS. The highest BCUT2D eigenvalue weighted by Crippen LogP contribution is 2.15. The van der Waals surface area contributed by atoms with Crippen molar-refractivity contribution in [3.8, 4) is 0 Å². The first-order valence-electron chi connectivity index (χ1n) is 6.21. The minimum Gasteiger partial charge on any atom is -0.389 e. The molecule has 0 radical (unpaired) electrons. The van der Waals surface area contributed by atoms with Gasteiger partial charge in [-0.2, -0.15) is 0 Å². The van der Waals surface area contributed by atoms with Crippen molar-refractivity contribution in [2.45, 2.75) is 33.3 Å². The highest BCUT2D eigenvalue weighted by atomic mass is 32.1. The van der Waals surface area contributed by atoms with Gasteiger partial charge in [0.25, 0.3) is 0 Å². The van der Waals surface area contributed by atoms with E-state index in [0.29, 0.717) is 18.1 Å². The van der Waals surface area contributed by atoms with E-state index in [4.69, 9.17) is 22.7 Å². The van der Waals surface area contributed by atoms with Crippen molar-refractivity contribution in [1.29, 1.82) is 0 Å². The Morgan fingerprint density at radius 3 is 2.83 bits per heavy atom. The highest BCUT2D eigenvalue weighted by molar-refractivity contribution is 7.80. The summed E-state index contributed by atoms with van der Waals surface area (Å²) in [7, 11) is 0. The predicted octanol–water partition coefficient (Wildman–Crippen LogP) is 3.41. The number of benzene rings is 1. The lowest BCUT2D eigenvalue weighted by atomic mass is 10.1. The third-order valence-electron chi connectivity index (χ3n) is 2.79. The third kappa shape index (κ3) is 4.35. The van der Waals surface area contributed by atoms with Gasteiger partial charge in [-0.25, -0.2) is 4.39 Å². The summed E-state index contributed by atoms with van der Waals surface area (Å²) in [6.45, 7) is 5.17. The summed E-state index contributed by atoms with van der Waals surface area (Å²) in [6, 6.07) is 5.02. The lowest BCUT2D eigenvalue weighted by Crippen LogP contribution is -2.13. The van der Waals surface area contributed by atoms with Crippen molar-refractivity contribution in [3.05, 3.63) is 35.1 Å². The topological polar surface area (TPSA) is 35.2 Å². The Bertz CT molecular complexity index is 409. The van der Waals surface area contributed by atoms with Crippen LogP contribution in [0, 0.1) is 11.7 Å². The van der Waals surface area contributed by atoms with E-state index in [2.05, 4.69) is 13.8 Å². The number of nitrogens with two attached hydrogens (primary N) is 1.